The molecule has 0 spiro atoms. The minimum atomic E-state index is 0.649. The summed E-state index contributed by atoms with van der Waals surface area (Å²) >= 11 is 0. The smallest absolute Gasteiger partial charge is 0.153 e. The Labute approximate surface area is 193 Å². The first-order valence-electron chi connectivity index (χ1n) is 13.6. The van der Waals surface area contributed by atoms with E-state index >= 15 is 0 Å². The maximum absolute atomic E-state index is 11.0. The van der Waals surface area contributed by atoms with Gasteiger partial charge < -0.3 is 4.74 Å². The van der Waals surface area contributed by atoms with Gasteiger partial charge in [0, 0.05) is 0 Å². The van der Waals surface area contributed by atoms with Gasteiger partial charge in [-0.05, 0) is 18.6 Å². The minimum absolute atomic E-state index is 0.649. The highest BCUT2D eigenvalue weighted by atomic mass is 16.5. The van der Waals surface area contributed by atoms with E-state index in [0.717, 1.165) is 18.5 Å². The van der Waals surface area contributed by atoms with Gasteiger partial charge in [-0.3, -0.25) is 4.79 Å². The van der Waals surface area contributed by atoms with Crippen LogP contribution in [0.3, 0.4) is 0 Å². The van der Waals surface area contributed by atoms with Crippen LogP contribution in [0.4, 0.5) is 0 Å². The van der Waals surface area contributed by atoms with E-state index in [1.54, 1.807) is 6.07 Å². The predicted octanol–water partition coefficient (Wildman–Crippen LogP) is 9.70. The van der Waals surface area contributed by atoms with Crippen molar-refractivity contribution in [3.8, 4) is 5.75 Å². The number of rotatable bonds is 23. The van der Waals surface area contributed by atoms with Crippen molar-refractivity contribution in [2.45, 2.75) is 135 Å². The van der Waals surface area contributed by atoms with Gasteiger partial charge in [0.05, 0.1) is 12.2 Å². The lowest BCUT2D eigenvalue weighted by atomic mass is 10.0. The first-order valence-corrected chi connectivity index (χ1v) is 13.6. The number of aldehydes is 1. The Balaban J connectivity index is 1.73. The van der Waals surface area contributed by atoms with Crippen LogP contribution in [0.1, 0.15) is 146 Å². The van der Waals surface area contributed by atoms with Crippen LogP contribution in [0, 0.1) is 0 Å². The van der Waals surface area contributed by atoms with Crippen LogP contribution >= 0.6 is 0 Å². The van der Waals surface area contributed by atoms with Crippen molar-refractivity contribution in [3.05, 3.63) is 29.8 Å². The average molecular weight is 431 g/mol. The van der Waals surface area contributed by atoms with E-state index in [0.29, 0.717) is 12.2 Å². The molecule has 0 fully saturated rings. The monoisotopic (exact) mass is 430 g/mol. The molecule has 0 aliphatic heterocycles. The Morgan fingerprint density at radius 3 is 1.39 bits per heavy atom. The first-order chi connectivity index (χ1) is 15.4. The molecular weight excluding hydrogens is 380 g/mol. The van der Waals surface area contributed by atoms with Crippen LogP contribution in [0.2, 0.25) is 0 Å². The molecule has 178 valence electrons. The number of para-hydroxylation sites is 1. The van der Waals surface area contributed by atoms with Gasteiger partial charge in [-0.25, -0.2) is 0 Å². The van der Waals surface area contributed by atoms with E-state index in [-0.39, 0.29) is 0 Å². The first kappa shape index (κ1) is 27.7. The average Bonchev–Trinajstić information content (AvgIpc) is 2.80. The molecule has 0 aromatic heterocycles. The summed E-state index contributed by atoms with van der Waals surface area (Å²) in [4.78, 5) is 11.0. The van der Waals surface area contributed by atoms with Gasteiger partial charge in [0.25, 0.3) is 0 Å². The number of benzene rings is 1. The second-order valence-electron chi connectivity index (χ2n) is 9.22. The number of hydrogen-bond donors (Lipinski definition) is 0. The van der Waals surface area contributed by atoms with E-state index in [4.69, 9.17) is 4.74 Å². The fourth-order valence-electron chi connectivity index (χ4n) is 4.25. The Kier molecular flexibility index (Phi) is 19.6. The Hall–Kier alpha value is -1.31. The maximum atomic E-state index is 11.0. The number of carbonyl (C=O) groups excluding carboxylic acids is 1. The topological polar surface area (TPSA) is 26.3 Å². The van der Waals surface area contributed by atoms with Crippen LogP contribution in [-0.2, 0) is 0 Å². The molecule has 0 amide bonds. The summed E-state index contributed by atoms with van der Waals surface area (Å²) in [5.74, 6) is 0.718. The molecule has 2 nitrogen and oxygen atoms in total. The second-order valence-corrected chi connectivity index (χ2v) is 9.22. The van der Waals surface area contributed by atoms with E-state index in [1.807, 2.05) is 18.2 Å². The van der Waals surface area contributed by atoms with Gasteiger partial charge >= 0.3 is 0 Å². The molecule has 0 saturated heterocycles. The Morgan fingerprint density at radius 1 is 0.581 bits per heavy atom. The van der Waals surface area contributed by atoms with Crippen molar-refractivity contribution in [2.24, 2.45) is 0 Å². The van der Waals surface area contributed by atoms with Gasteiger partial charge in [-0.15, -0.1) is 0 Å². The molecule has 0 radical (unpaired) electrons. The van der Waals surface area contributed by atoms with Gasteiger partial charge in [0.2, 0.25) is 0 Å². The molecule has 31 heavy (non-hydrogen) atoms. The highest BCUT2D eigenvalue weighted by molar-refractivity contribution is 5.79. The second kappa shape index (κ2) is 21.9. The van der Waals surface area contributed by atoms with Crippen molar-refractivity contribution in [1.82, 2.24) is 0 Å². The quantitative estimate of drug-likeness (QED) is 0.127. The molecule has 0 heterocycles. The number of unbranched alkanes of at least 4 members (excludes halogenated alkanes) is 19. The molecule has 0 unspecified atom stereocenters. The van der Waals surface area contributed by atoms with Crippen molar-refractivity contribution in [1.29, 1.82) is 0 Å². The number of carbonyl (C=O) groups is 1. The zero-order chi connectivity index (χ0) is 22.2. The third kappa shape index (κ3) is 17.0. The summed E-state index contributed by atoms with van der Waals surface area (Å²) in [6.07, 6.45) is 28.8. The Bertz CT molecular complexity index is 511. The van der Waals surface area contributed by atoms with Crippen LogP contribution in [0.15, 0.2) is 24.3 Å². The van der Waals surface area contributed by atoms with Crippen molar-refractivity contribution in [2.75, 3.05) is 6.61 Å². The molecule has 2 heteroatoms. The largest absolute Gasteiger partial charge is 0.493 e. The molecule has 0 aliphatic carbocycles. The third-order valence-electron chi connectivity index (χ3n) is 6.30. The molecule has 1 rings (SSSR count). The maximum Gasteiger partial charge on any atom is 0.153 e. The molecule has 0 atom stereocenters. The van der Waals surface area contributed by atoms with Gasteiger partial charge in [-0.2, -0.15) is 0 Å². The van der Waals surface area contributed by atoms with Crippen LogP contribution in [-0.4, -0.2) is 12.9 Å². The number of hydrogen-bond acceptors (Lipinski definition) is 2. The Morgan fingerprint density at radius 2 is 0.968 bits per heavy atom. The summed E-state index contributed by atoms with van der Waals surface area (Å²) in [5, 5.41) is 0. The van der Waals surface area contributed by atoms with Gasteiger partial charge in [0.1, 0.15) is 5.75 Å². The fraction of sp³-hybridized carbons (Fsp3) is 0.759. The van der Waals surface area contributed by atoms with Crippen molar-refractivity contribution in [3.63, 3.8) is 0 Å². The van der Waals surface area contributed by atoms with Gasteiger partial charge in [-0.1, -0.05) is 141 Å². The third-order valence-corrected chi connectivity index (χ3v) is 6.30. The fourth-order valence-corrected chi connectivity index (χ4v) is 4.25. The lowest BCUT2D eigenvalue weighted by molar-refractivity contribution is 0.111. The summed E-state index contributed by atoms with van der Waals surface area (Å²) < 4.78 is 5.73. The van der Waals surface area contributed by atoms with Crippen molar-refractivity contribution < 1.29 is 9.53 Å². The van der Waals surface area contributed by atoms with Crippen LogP contribution < -0.4 is 4.74 Å². The zero-order valence-electron chi connectivity index (χ0n) is 20.6. The normalized spacial score (nSPS) is 11.0. The molecule has 1 aromatic rings. The lowest BCUT2D eigenvalue weighted by Gasteiger charge is -2.08. The highest BCUT2D eigenvalue weighted by Gasteiger charge is 2.01. The minimum Gasteiger partial charge on any atom is -0.493 e. The highest BCUT2D eigenvalue weighted by Crippen LogP contribution is 2.17. The summed E-state index contributed by atoms with van der Waals surface area (Å²) in [5.41, 5.74) is 0.649. The van der Waals surface area contributed by atoms with Crippen molar-refractivity contribution >= 4 is 6.29 Å². The molecule has 0 saturated carbocycles. The van der Waals surface area contributed by atoms with Crippen LogP contribution in [0.25, 0.3) is 0 Å². The summed E-state index contributed by atoms with van der Waals surface area (Å²) in [7, 11) is 0. The molecule has 0 aliphatic rings. The van der Waals surface area contributed by atoms with Crippen LogP contribution in [0.5, 0.6) is 5.75 Å². The SMILES string of the molecule is CCCCCCCCCCCCCCCCCCCCCCOc1ccccc1C=O. The standard InChI is InChI=1S/C29H50O2/c1-2-3-4-5-6-7-8-9-10-11-12-13-14-15-16-17-18-19-20-23-26-31-29-25-22-21-24-28(29)27-30/h21-22,24-25,27H,2-20,23,26H2,1H3. The van der Waals surface area contributed by atoms with Gasteiger partial charge in [0.15, 0.2) is 6.29 Å². The predicted molar refractivity (Wildman–Crippen MR) is 135 cm³/mol. The van der Waals surface area contributed by atoms with E-state index in [2.05, 4.69) is 6.92 Å². The molecular formula is C29H50O2. The van der Waals surface area contributed by atoms with E-state index < -0.39 is 0 Å². The summed E-state index contributed by atoms with van der Waals surface area (Å²) in [6.45, 7) is 3.00. The number of ether oxygens (including phenoxy) is 1. The zero-order valence-corrected chi connectivity index (χ0v) is 20.6. The van der Waals surface area contributed by atoms with E-state index in [1.165, 1.54) is 122 Å². The van der Waals surface area contributed by atoms with E-state index in [9.17, 15) is 4.79 Å². The lowest BCUT2D eigenvalue weighted by Crippen LogP contribution is -1.99. The molecule has 0 N–H and O–H groups in total. The summed E-state index contributed by atoms with van der Waals surface area (Å²) in [6, 6.07) is 7.47. The molecule has 1 aromatic carbocycles. The molecule has 0 bridgehead atoms.